The molecule has 0 saturated carbocycles. The standard InChI is InChI=1S/C12H11ClN4O3S/c13-10-5-9(6-14)1-2-11(10)21(20)17-4-3-12(8-17,16-19)7-15-18/h1-2,5H,3-4,7-8H2. The average molecular weight is 327 g/mol. The van der Waals surface area contributed by atoms with E-state index in [0.29, 0.717) is 23.4 Å². The molecule has 110 valence electrons. The maximum atomic E-state index is 12.5. The molecule has 1 fully saturated rings. The molecular formula is C12H11ClN4O3S. The Labute approximate surface area is 128 Å². The van der Waals surface area contributed by atoms with Gasteiger partial charge in [-0.3, -0.25) is 0 Å². The van der Waals surface area contributed by atoms with Crippen LogP contribution in [0, 0.1) is 21.1 Å². The van der Waals surface area contributed by atoms with Gasteiger partial charge in [0.05, 0.1) is 21.6 Å². The van der Waals surface area contributed by atoms with Gasteiger partial charge in [0.15, 0.2) is 0 Å². The van der Waals surface area contributed by atoms with Crippen LogP contribution in [-0.4, -0.2) is 33.7 Å². The zero-order valence-corrected chi connectivity index (χ0v) is 12.4. The van der Waals surface area contributed by atoms with Crippen molar-refractivity contribution < 1.29 is 4.21 Å². The van der Waals surface area contributed by atoms with E-state index in [0.717, 1.165) is 0 Å². The normalized spacial score (nSPS) is 23.4. The lowest BCUT2D eigenvalue weighted by Crippen LogP contribution is -2.34. The summed E-state index contributed by atoms with van der Waals surface area (Å²) in [5.41, 5.74) is -0.743. The van der Waals surface area contributed by atoms with Crippen molar-refractivity contribution in [2.75, 3.05) is 19.6 Å². The van der Waals surface area contributed by atoms with Gasteiger partial charge in [0.2, 0.25) is 0 Å². The largest absolute Gasteiger partial charge is 0.237 e. The number of nitriles is 1. The Bertz CT molecular complexity index is 648. The van der Waals surface area contributed by atoms with Gasteiger partial charge < -0.3 is 0 Å². The molecule has 1 aliphatic heterocycles. The van der Waals surface area contributed by atoms with E-state index in [1.54, 1.807) is 0 Å². The van der Waals surface area contributed by atoms with E-state index in [4.69, 9.17) is 16.9 Å². The summed E-state index contributed by atoms with van der Waals surface area (Å²) in [6.45, 7) is 0.209. The van der Waals surface area contributed by atoms with Gasteiger partial charge in [-0.1, -0.05) is 22.0 Å². The highest BCUT2D eigenvalue weighted by Crippen LogP contribution is 2.31. The number of nitroso groups, excluding NO2 is 2. The molecule has 0 radical (unpaired) electrons. The van der Waals surface area contributed by atoms with E-state index in [-0.39, 0.29) is 18.1 Å². The van der Waals surface area contributed by atoms with E-state index in [2.05, 4.69) is 10.4 Å². The summed E-state index contributed by atoms with van der Waals surface area (Å²) in [6.07, 6.45) is 0.321. The molecule has 2 atom stereocenters. The lowest BCUT2D eigenvalue weighted by Gasteiger charge is -2.18. The van der Waals surface area contributed by atoms with Gasteiger partial charge in [-0.05, 0) is 24.6 Å². The second-order valence-electron chi connectivity index (χ2n) is 4.72. The number of nitrogens with zero attached hydrogens (tertiary/aromatic N) is 4. The van der Waals surface area contributed by atoms with Crippen LogP contribution in [0.3, 0.4) is 0 Å². The van der Waals surface area contributed by atoms with Crippen molar-refractivity contribution in [1.29, 1.82) is 5.26 Å². The van der Waals surface area contributed by atoms with Crippen LogP contribution in [0.15, 0.2) is 33.4 Å². The van der Waals surface area contributed by atoms with Crippen LogP contribution in [0.1, 0.15) is 12.0 Å². The third kappa shape index (κ3) is 3.15. The van der Waals surface area contributed by atoms with E-state index in [9.17, 15) is 14.0 Å². The number of rotatable bonds is 5. The highest BCUT2D eigenvalue weighted by atomic mass is 35.5. The first-order chi connectivity index (χ1) is 10.0. The van der Waals surface area contributed by atoms with Crippen molar-refractivity contribution in [3.8, 4) is 6.07 Å². The molecule has 0 amide bonds. The summed E-state index contributed by atoms with van der Waals surface area (Å²) in [6, 6.07) is 6.41. The monoisotopic (exact) mass is 326 g/mol. The van der Waals surface area contributed by atoms with Crippen molar-refractivity contribution in [3.63, 3.8) is 0 Å². The molecule has 1 heterocycles. The second-order valence-corrected chi connectivity index (χ2v) is 6.58. The van der Waals surface area contributed by atoms with Gasteiger partial charge in [-0.25, -0.2) is 8.51 Å². The molecule has 0 aliphatic carbocycles. The van der Waals surface area contributed by atoms with E-state index < -0.39 is 16.5 Å². The van der Waals surface area contributed by atoms with Crippen LogP contribution in [0.4, 0.5) is 0 Å². The maximum Gasteiger partial charge on any atom is 0.140 e. The molecular weight excluding hydrogens is 316 g/mol. The van der Waals surface area contributed by atoms with Crippen LogP contribution >= 0.6 is 11.6 Å². The summed E-state index contributed by atoms with van der Waals surface area (Å²) in [4.78, 5) is 21.7. The van der Waals surface area contributed by atoms with E-state index in [1.807, 2.05) is 6.07 Å². The van der Waals surface area contributed by atoms with Gasteiger partial charge in [0.1, 0.15) is 23.1 Å². The number of hydrogen-bond donors (Lipinski definition) is 0. The van der Waals surface area contributed by atoms with E-state index in [1.165, 1.54) is 22.5 Å². The summed E-state index contributed by atoms with van der Waals surface area (Å²) in [5, 5.41) is 14.7. The first-order valence-electron chi connectivity index (χ1n) is 6.05. The van der Waals surface area contributed by atoms with Crippen molar-refractivity contribution in [3.05, 3.63) is 38.6 Å². The topological polar surface area (TPSA) is 103 Å². The Hall–Kier alpha value is -1.69. The summed E-state index contributed by atoms with van der Waals surface area (Å²) >= 11 is 6.02. The average Bonchev–Trinajstić information content (AvgIpc) is 2.91. The fourth-order valence-corrected chi connectivity index (χ4v) is 3.85. The predicted octanol–water partition coefficient (Wildman–Crippen LogP) is 2.21. The number of halogens is 1. The molecule has 21 heavy (non-hydrogen) atoms. The molecule has 7 nitrogen and oxygen atoms in total. The Balaban J connectivity index is 2.21. The minimum atomic E-state index is -1.58. The molecule has 1 aromatic rings. The quantitative estimate of drug-likeness (QED) is 0.774. The Morgan fingerprint density at radius 3 is 2.81 bits per heavy atom. The first kappa shape index (κ1) is 15.7. The Morgan fingerprint density at radius 2 is 2.24 bits per heavy atom. The zero-order valence-electron chi connectivity index (χ0n) is 10.9. The molecule has 9 heteroatoms. The number of benzene rings is 1. The van der Waals surface area contributed by atoms with Crippen LogP contribution < -0.4 is 0 Å². The third-order valence-corrected chi connectivity index (χ3v) is 5.27. The van der Waals surface area contributed by atoms with Gasteiger partial charge in [0, 0.05) is 13.1 Å². The van der Waals surface area contributed by atoms with Gasteiger partial charge in [-0.15, -0.1) is 0 Å². The summed E-state index contributed by atoms with van der Waals surface area (Å²) in [7, 11) is -1.58. The molecule has 1 aliphatic rings. The molecule has 1 saturated heterocycles. The molecule has 0 N–H and O–H groups in total. The van der Waals surface area contributed by atoms with Crippen molar-refractivity contribution in [2.24, 2.45) is 10.4 Å². The molecule has 2 unspecified atom stereocenters. The second kappa shape index (κ2) is 6.39. The SMILES string of the molecule is N#Cc1ccc(S(=O)N2CCC(CN=O)(N=O)C2)c(Cl)c1. The van der Waals surface area contributed by atoms with Gasteiger partial charge in [0.25, 0.3) is 0 Å². The van der Waals surface area contributed by atoms with Crippen molar-refractivity contribution in [2.45, 2.75) is 16.9 Å². The van der Waals surface area contributed by atoms with Crippen LogP contribution in [0.5, 0.6) is 0 Å². The fraction of sp³-hybridized carbons (Fsp3) is 0.417. The zero-order chi connectivity index (χ0) is 15.5. The van der Waals surface area contributed by atoms with E-state index >= 15 is 0 Å². The van der Waals surface area contributed by atoms with Crippen LogP contribution in [0.25, 0.3) is 0 Å². The highest BCUT2D eigenvalue weighted by molar-refractivity contribution is 7.82. The van der Waals surface area contributed by atoms with Crippen LogP contribution in [-0.2, 0) is 11.0 Å². The highest BCUT2D eigenvalue weighted by Gasteiger charge is 2.42. The molecule has 1 aromatic carbocycles. The van der Waals surface area contributed by atoms with Gasteiger partial charge in [-0.2, -0.15) is 15.1 Å². The maximum absolute atomic E-state index is 12.5. The minimum Gasteiger partial charge on any atom is -0.237 e. The fourth-order valence-electron chi connectivity index (χ4n) is 2.16. The molecule has 0 bridgehead atoms. The van der Waals surface area contributed by atoms with Crippen molar-refractivity contribution >= 4 is 22.6 Å². The molecule has 0 aromatic heterocycles. The first-order valence-corrected chi connectivity index (χ1v) is 7.54. The minimum absolute atomic E-state index is 0.0885. The molecule has 0 spiro atoms. The Morgan fingerprint density at radius 1 is 1.48 bits per heavy atom. The number of hydrogen-bond acceptors (Lipinski definition) is 6. The lowest BCUT2D eigenvalue weighted by atomic mass is 10.0. The van der Waals surface area contributed by atoms with Gasteiger partial charge >= 0.3 is 0 Å². The Kier molecular flexibility index (Phi) is 4.77. The summed E-state index contributed by atoms with van der Waals surface area (Å²) < 4.78 is 14.0. The smallest absolute Gasteiger partial charge is 0.140 e. The summed E-state index contributed by atoms with van der Waals surface area (Å²) in [5.74, 6) is 0. The predicted molar refractivity (Wildman–Crippen MR) is 78.0 cm³/mol. The molecule has 2 rings (SSSR count). The third-order valence-electron chi connectivity index (χ3n) is 3.33. The van der Waals surface area contributed by atoms with Crippen molar-refractivity contribution in [1.82, 2.24) is 4.31 Å². The van der Waals surface area contributed by atoms with Crippen LogP contribution in [0.2, 0.25) is 5.02 Å². The lowest BCUT2D eigenvalue weighted by molar-refractivity contribution is 0.440.